The van der Waals surface area contributed by atoms with Crippen LogP contribution < -0.4 is 5.32 Å². The summed E-state index contributed by atoms with van der Waals surface area (Å²) in [5, 5.41) is 5.43. The van der Waals surface area contributed by atoms with Gasteiger partial charge >= 0.3 is 0 Å². The van der Waals surface area contributed by atoms with Crippen LogP contribution in [0.15, 0.2) is 35.8 Å². The van der Waals surface area contributed by atoms with Crippen molar-refractivity contribution in [2.75, 3.05) is 5.32 Å². The number of hydrogen-bond acceptors (Lipinski definition) is 3. The molecule has 0 aliphatic carbocycles. The third-order valence-electron chi connectivity index (χ3n) is 2.58. The highest BCUT2D eigenvalue weighted by Gasteiger charge is 2.11. The molecule has 0 amide bonds. The summed E-state index contributed by atoms with van der Waals surface area (Å²) >= 11 is 1.76. The quantitative estimate of drug-likeness (QED) is 0.884. The summed E-state index contributed by atoms with van der Waals surface area (Å²) in [4.78, 5) is 5.79. The van der Waals surface area contributed by atoms with Crippen LogP contribution in [-0.4, -0.2) is 4.98 Å². The molecule has 2 rings (SSSR count). The van der Waals surface area contributed by atoms with Gasteiger partial charge in [0.25, 0.3) is 0 Å². The molecule has 0 radical (unpaired) electrons. The molecule has 0 saturated heterocycles. The van der Waals surface area contributed by atoms with E-state index < -0.39 is 0 Å². The summed E-state index contributed by atoms with van der Waals surface area (Å²) in [6.45, 7) is 7.59. The zero-order valence-electron chi connectivity index (χ0n) is 11.2. The second kappa shape index (κ2) is 5.53. The van der Waals surface area contributed by atoms with E-state index in [1.165, 1.54) is 10.4 Å². The number of pyridine rings is 1. The first-order valence-corrected chi connectivity index (χ1v) is 7.12. The van der Waals surface area contributed by atoms with Crippen molar-refractivity contribution in [3.05, 3.63) is 46.3 Å². The van der Waals surface area contributed by atoms with E-state index in [1.807, 2.05) is 6.20 Å². The summed E-state index contributed by atoms with van der Waals surface area (Å²) in [6.07, 6.45) is 3.03. The van der Waals surface area contributed by atoms with E-state index in [2.05, 4.69) is 60.7 Å². The van der Waals surface area contributed by atoms with Gasteiger partial charge in [-0.3, -0.25) is 0 Å². The van der Waals surface area contributed by atoms with Gasteiger partial charge in [-0.25, -0.2) is 4.98 Å². The first-order valence-electron chi connectivity index (χ1n) is 6.24. The lowest BCUT2D eigenvalue weighted by molar-refractivity contribution is 0.411. The lowest BCUT2D eigenvalue weighted by atomic mass is 9.89. The molecule has 0 saturated carbocycles. The Morgan fingerprint density at radius 2 is 2.06 bits per heavy atom. The smallest absolute Gasteiger partial charge is 0.126 e. The van der Waals surface area contributed by atoms with Gasteiger partial charge in [-0.05, 0) is 34.9 Å². The van der Waals surface area contributed by atoms with Crippen LogP contribution in [0.25, 0.3) is 0 Å². The normalized spacial score (nSPS) is 11.5. The number of rotatable bonds is 4. The minimum Gasteiger partial charge on any atom is -0.365 e. The predicted molar refractivity (Wildman–Crippen MR) is 79.0 cm³/mol. The monoisotopic (exact) mass is 260 g/mol. The molecule has 2 aromatic heterocycles. The summed E-state index contributed by atoms with van der Waals surface area (Å²) in [7, 11) is 0. The van der Waals surface area contributed by atoms with Gasteiger partial charge in [-0.15, -0.1) is 11.3 Å². The zero-order valence-corrected chi connectivity index (χ0v) is 12.1. The third kappa shape index (κ3) is 4.15. The fraction of sp³-hybridized carbons (Fsp3) is 0.400. The first-order chi connectivity index (χ1) is 8.53. The Morgan fingerprint density at radius 1 is 1.22 bits per heavy atom. The van der Waals surface area contributed by atoms with Gasteiger partial charge in [0.2, 0.25) is 0 Å². The van der Waals surface area contributed by atoms with E-state index in [4.69, 9.17) is 0 Å². The summed E-state index contributed by atoms with van der Waals surface area (Å²) < 4.78 is 0. The van der Waals surface area contributed by atoms with Gasteiger partial charge in [0, 0.05) is 11.1 Å². The van der Waals surface area contributed by atoms with Crippen molar-refractivity contribution < 1.29 is 0 Å². The van der Waals surface area contributed by atoms with Crippen molar-refractivity contribution in [1.82, 2.24) is 4.98 Å². The maximum Gasteiger partial charge on any atom is 0.126 e. The van der Waals surface area contributed by atoms with E-state index in [0.717, 1.165) is 18.8 Å². The topological polar surface area (TPSA) is 24.9 Å². The highest BCUT2D eigenvalue weighted by Crippen LogP contribution is 2.20. The highest BCUT2D eigenvalue weighted by atomic mass is 32.1. The predicted octanol–water partition coefficient (Wildman–Crippen LogP) is 4.34. The van der Waals surface area contributed by atoms with Crippen LogP contribution in [-0.2, 0) is 13.0 Å². The minimum atomic E-state index is 0.313. The molecule has 2 aromatic rings. The molecule has 18 heavy (non-hydrogen) atoms. The van der Waals surface area contributed by atoms with Gasteiger partial charge in [-0.2, -0.15) is 0 Å². The van der Waals surface area contributed by atoms with Crippen LogP contribution in [0.4, 0.5) is 5.82 Å². The van der Waals surface area contributed by atoms with Crippen LogP contribution in [0.5, 0.6) is 0 Å². The highest BCUT2D eigenvalue weighted by molar-refractivity contribution is 7.09. The molecule has 0 fully saturated rings. The Labute approximate surface area is 113 Å². The SMILES string of the molecule is CC(C)(C)Cc1ccc(NCc2cccs2)nc1. The molecule has 3 heteroatoms. The maximum atomic E-state index is 4.46. The van der Waals surface area contributed by atoms with E-state index in [-0.39, 0.29) is 0 Å². The summed E-state index contributed by atoms with van der Waals surface area (Å²) in [5.41, 5.74) is 1.61. The summed E-state index contributed by atoms with van der Waals surface area (Å²) in [6, 6.07) is 8.43. The van der Waals surface area contributed by atoms with Crippen molar-refractivity contribution in [3.63, 3.8) is 0 Å². The molecule has 2 heterocycles. The van der Waals surface area contributed by atoms with Crippen LogP contribution in [0.3, 0.4) is 0 Å². The van der Waals surface area contributed by atoms with Gasteiger partial charge in [0.15, 0.2) is 0 Å². The molecule has 0 aliphatic heterocycles. The van der Waals surface area contributed by atoms with Crippen molar-refractivity contribution in [1.29, 1.82) is 0 Å². The standard InChI is InChI=1S/C15H20N2S/c1-15(2,3)9-12-6-7-14(16-10-12)17-11-13-5-4-8-18-13/h4-8,10H,9,11H2,1-3H3,(H,16,17). The number of aromatic nitrogens is 1. The van der Waals surface area contributed by atoms with Crippen LogP contribution >= 0.6 is 11.3 Å². The molecule has 0 unspecified atom stereocenters. The Kier molecular flexibility index (Phi) is 4.02. The van der Waals surface area contributed by atoms with E-state index in [1.54, 1.807) is 11.3 Å². The minimum absolute atomic E-state index is 0.313. The number of nitrogens with one attached hydrogen (secondary N) is 1. The van der Waals surface area contributed by atoms with Crippen molar-refractivity contribution >= 4 is 17.2 Å². The largest absolute Gasteiger partial charge is 0.365 e. The van der Waals surface area contributed by atoms with E-state index in [0.29, 0.717) is 5.41 Å². The molecule has 1 N–H and O–H groups in total. The summed E-state index contributed by atoms with van der Waals surface area (Å²) in [5.74, 6) is 0.945. The first kappa shape index (κ1) is 13.1. The molecular weight excluding hydrogens is 240 g/mol. The van der Waals surface area contributed by atoms with Crippen molar-refractivity contribution in [3.8, 4) is 0 Å². The number of anilines is 1. The molecule has 2 nitrogen and oxygen atoms in total. The van der Waals surface area contributed by atoms with Crippen molar-refractivity contribution in [2.45, 2.75) is 33.7 Å². The van der Waals surface area contributed by atoms with E-state index >= 15 is 0 Å². The lowest BCUT2D eigenvalue weighted by Crippen LogP contribution is -2.09. The third-order valence-corrected chi connectivity index (χ3v) is 3.46. The van der Waals surface area contributed by atoms with Gasteiger partial charge in [0.05, 0.1) is 6.54 Å². The Hall–Kier alpha value is -1.35. The molecule has 0 atom stereocenters. The number of nitrogens with zero attached hydrogens (tertiary/aromatic N) is 1. The molecule has 0 spiro atoms. The second-order valence-corrected chi connectivity index (χ2v) is 6.75. The Bertz CT molecular complexity index is 466. The van der Waals surface area contributed by atoms with Crippen molar-refractivity contribution in [2.24, 2.45) is 5.41 Å². The Morgan fingerprint density at radius 3 is 2.61 bits per heavy atom. The van der Waals surface area contributed by atoms with Gasteiger partial charge in [0.1, 0.15) is 5.82 Å². The average molecular weight is 260 g/mol. The second-order valence-electron chi connectivity index (χ2n) is 5.72. The molecule has 0 aliphatic rings. The number of hydrogen-bond donors (Lipinski definition) is 1. The van der Waals surface area contributed by atoms with Gasteiger partial charge in [-0.1, -0.05) is 32.9 Å². The fourth-order valence-corrected chi connectivity index (χ4v) is 2.48. The molecule has 96 valence electrons. The molecule has 0 aromatic carbocycles. The maximum absolute atomic E-state index is 4.46. The molecular formula is C15H20N2S. The average Bonchev–Trinajstić information content (AvgIpc) is 2.79. The Balaban J connectivity index is 1.91. The fourth-order valence-electron chi connectivity index (χ4n) is 1.84. The lowest BCUT2D eigenvalue weighted by Gasteiger charge is -2.17. The zero-order chi connectivity index (χ0) is 13.0. The van der Waals surface area contributed by atoms with Crippen LogP contribution in [0.2, 0.25) is 0 Å². The van der Waals surface area contributed by atoms with E-state index in [9.17, 15) is 0 Å². The van der Waals surface area contributed by atoms with Gasteiger partial charge < -0.3 is 5.32 Å². The number of thiophene rings is 1. The van der Waals surface area contributed by atoms with Crippen LogP contribution in [0.1, 0.15) is 31.2 Å². The molecule has 0 bridgehead atoms. The van der Waals surface area contributed by atoms with Crippen LogP contribution in [0, 0.1) is 5.41 Å².